The zero-order chi connectivity index (χ0) is 19.4. The molecule has 2 aromatic rings. The number of likely N-dealkylation sites (tertiary alicyclic amines) is 1. The number of furan rings is 1. The Balaban J connectivity index is 1.49. The number of carbonyl (C=O) groups excluding carboxylic acids is 2. The molecule has 1 aliphatic rings. The van der Waals surface area contributed by atoms with Gasteiger partial charge in [0.25, 0.3) is 5.91 Å². The summed E-state index contributed by atoms with van der Waals surface area (Å²) in [7, 11) is 0. The van der Waals surface area contributed by atoms with E-state index in [1.54, 1.807) is 11.0 Å². The van der Waals surface area contributed by atoms with Gasteiger partial charge in [0.15, 0.2) is 0 Å². The lowest BCUT2D eigenvalue weighted by atomic mass is 10.0. The van der Waals surface area contributed by atoms with Gasteiger partial charge in [0.1, 0.15) is 6.26 Å². The summed E-state index contributed by atoms with van der Waals surface area (Å²) in [4.78, 5) is 26.1. The molecule has 0 atom stereocenters. The van der Waals surface area contributed by atoms with Crippen LogP contribution >= 0.6 is 0 Å². The minimum Gasteiger partial charge on any atom is -0.472 e. The van der Waals surface area contributed by atoms with Crippen LogP contribution in [0.25, 0.3) is 0 Å². The van der Waals surface area contributed by atoms with Crippen LogP contribution < -0.4 is 5.32 Å². The van der Waals surface area contributed by atoms with Gasteiger partial charge in [-0.15, -0.1) is 0 Å². The van der Waals surface area contributed by atoms with Crippen molar-refractivity contribution >= 4 is 11.8 Å². The van der Waals surface area contributed by atoms with E-state index < -0.39 is 11.7 Å². The third-order valence-corrected chi connectivity index (χ3v) is 4.53. The highest BCUT2D eigenvalue weighted by molar-refractivity contribution is 5.93. The SMILES string of the molecule is O=C(Cc1cccc(C(F)(F)F)c1)NC1CCN(C(=O)c2ccoc2)CC1. The lowest BCUT2D eigenvalue weighted by molar-refractivity contribution is -0.137. The Kier molecular flexibility index (Phi) is 5.53. The van der Waals surface area contributed by atoms with Crippen LogP contribution in [-0.2, 0) is 17.4 Å². The molecule has 144 valence electrons. The Labute approximate surface area is 154 Å². The molecule has 2 amide bonds. The number of alkyl halides is 3. The molecule has 0 aliphatic carbocycles. The third-order valence-electron chi connectivity index (χ3n) is 4.53. The Hall–Kier alpha value is -2.77. The zero-order valence-electron chi connectivity index (χ0n) is 14.5. The molecule has 27 heavy (non-hydrogen) atoms. The summed E-state index contributed by atoms with van der Waals surface area (Å²) in [6.45, 7) is 0.997. The molecule has 8 heteroatoms. The van der Waals surface area contributed by atoms with Crippen molar-refractivity contribution in [1.29, 1.82) is 0 Å². The topological polar surface area (TPSA) is 62.6 Å². The summed E-state index contributed by atoms with van der Waals surface area (Å²) in [5, 5.41) is 2.84. The fourth-order valence-corrected chi connectivity index (χ4v) is 3.12. The van der Waals surface area contributed by atoms with E-state index in [1.807, 2.05) is 0 Å². The van der Waals surface area contributed by atoms with Crippen LogP contribution in [-0.4, -0.2) is 35.8 Å². The second kappa shape index (κ2) is 7.85. The summed E-state index contributed by atoms with van der Waals surface area (Å²) >= 11 is 0. The number of rotatable bonds is 4. The lowest BCUT2D eigenvalue weighted by Gasteiger charge is -2.32. The van der Waals surface area contributed by atoms with Crippen molar-refractivity contribution in [2.45, 2.75) is 31.5 Å². The smallest absolute Gasteiger partial charge is 0.416 e. The summed E-state index contributed by atoms with van der Waals surface area (Å²) in [5.41, 5.74) is 0.0378. The molecule has 0 spiro atoms. The maximum atomic E-state index is 12.7. The van der Waals surface area contributed by atoms with Gasteiger partial charge >= 0.3 is 6.18 Å². The summed E-state index contributed by atoms with van der Waals surface area (Å²) in [5.74, 6) is -0.438. The number of hydrogen-bond acceptors (Lipinski definition) is 3. The molecule has 1 N–H and O–H groups in total. The van der Waals surface area contributed by atoms with Crippen molar-refractivity contribution in [3.8, 4) is 0 Å². The van der Waals surface area contributed by atoms with E-state index in [1.165, 1.54) is 24.7 Å². The average Bonchev–Trinajstić information content (AvgIpc) is 3.16. The van der Waals surface area contributed by atoms with E-state index in [0.717, 1.165) is 12.1 Å². The van der Waals surface area contributed by atoms with Gasteiger partial charge in [0.2, 0.25) is 5.91 Å². The fraction of sp³-hybridized carbons (Fsp3) is 0.368. The van der Waals surface area contributed by atoms with Crippen LogP contribution in [0.2, 0.25) is 0 Å². The molecule has 1 saturated heterocycles. The van der Waals surface area contributed by atoms with Gasteiger partial charge < -0.3 is 14.6 Å². The Morgan fingerprint density at radius 2 is 1.93 bits per heavy atom. The molecule has 0 unspecified atom stereocenters. The number of benzene rings is 1. The molecular formula is C19H19F3N2O3. The minimum atomic E-state index is -4.43. The fourth-order valence-electron chi connectivity index (χ4n) is 3.12. The molecule has 0 radical (unpaired) electrons. The number of halogens is 3. The molecule has 3 rings (SSSR count). The van der Waals surface area contributed by atoms with Crippen molar-refractivity contribution in [3.05, 3.63) is 59.5 Å². The first kappa shape index (κ1) is 19.0. The summed E-state index contributed by atoms with van der Waals surface area (Å²) < 4.78 is 43.1. The predicted octanol–water partition coefficient (Wildman–Crippen LogP) is 3.26. The van der Waals surface area contributed by atoms with Crippen molar-refractivity contribution in [3.63, 3.8) is 0 Å². The number of nitrogens with one attached hydrogen (secondary N) is 1. The van der Waals surface area contributed by atoms with Gasteiger partial charge in [-0.3, -0.25) is 9.59 Å². The van der Waals surface area contributed by atoms with Gasteiger partial charge in [-0.05, 0) is 30.5 Å². The van der Waals surface area contributed by atoms with E-state index in [4.69, 9.17) is 4.42 Å². The minimum absolute atomic E-state index is 0.100. The molecule has 0 bridgehead atoms. The van der Waals surface area contributed by atoms with E-state index in [-0.39, 0.29) is 24.3 Å². The molecule has 5 nitrogen and oxygen atoms in total. The third kappa shape index (κ3) is 4.90. The second-order valence-electron chi connectivity index (χ2n) is 6.52. The first-order chi connectivity index (χ1) is 12.8. The van der Waals surface area contributed by atoms with Crippen molar-refractivity contribution in [1.82, 2.24) is 10.2 Å². The zero-order valence-corrected chi connectivity index (χ0v) is 14.5. The first-order valence-corrected chi connectivity index (χ1v) is 8.60. The normalized spacial score (nSPS) is 15.6. The van der Waals surface area contributed by atoms with Crippen molar-refractivity contribution in [2.75, 3.05) is 13.1 Å². The molecule has 1 aromatic heterocycles. The summed E-state index contributed by atoms with van der Waals surface area (Å²) in [6, 6.07) is 6.27. The van der Waals surface area contributed by atoms with Gasteiger partial charge in [-0.2, -0.15) is 13.2 Å². The Morgan fingerprint density at radius 3 is 2.56 bits per heavy atom. The molecule has 1 fully saturated rings. The second-order valence-corrected chi connectivity index (χ2v) is 6.52. The van der Waals surface area contributed by atoms with Crippen molar-refractivity contribution < 1.29 is 27.2 Å². The van der Waals surface area contributed by atoms with E-state index in [9.17, 15) is 22.8 Å². The van der Waals surface area contributed by atoms with E-state index in [0.29, 0.717) is 37.1 Å². The molecule has 0 saturated carbocycles. The van der Waals surface area contributed by atoms with Crippen LogP contribution in [0.15, 0.2) is 47.3 Å². The number of hydrogen-bond donors (Lipinski definition) is 1. The average molecular weight is 380 g/mol. The standard InChI is InChI=1S/C19H19F3N2O3/c20-19(21,22)15-3-1-2-13(10-15)11-17(25)23-16-4-7-24(8-5-16)18(26)14-6-9-27-12-14/h1-3,6,9-10,12,16H,4-5,7-8,11H2,(H,23,25). The van der Waals surface area contributed by atoms with Crippen LogP contribution in [0.1, 0.15) is 34.3 Å². The van der Waals surface area contributed by atoms with Crippen LogP contribution in [0.5, 0.6) is 0 Å². The number of amides is 2. The predicted molar refractivity (Wildman–Crippen MR) is 90.9 cm³/mol. The number of piperidine rings is 1. The summed E-state index contributed by atoms with van der Waals surface area (Å²) in [6.07, 6.45) is -0.520. The Bertz CT molecular complexity index is 795. The maximum Gasteiger partial charge on any atom is 0.416 e. The maximum absolute atomic E-state index is 12.7. The van der Waals surface area contributed by atoms with E-state index >= 15 is 0 Å². The van der Waals surface area contributed by atoms with E-state index in [2.05, 4.69) is 5.32 Å². The lowest BCUT2D eigenvalue weighted by Crippen LogP contribution is -2.46. The number of carbonyl (C=O) groups is 2. The van der Waals surface area contributed by atoms with Crippen LogP contribution in [0, 0.1) is 0 Å². The molecule has 1 aliphatic heterocycles. The highest BCUT2D eigenvalue weighted by atomic mass is 19.4. The van der Waals surface area contributed by atoms with Gasteiger partial charge in [0.05, 0.1) is 23.8 Å². The van der Waals surface area contributed by atoms with Gasteiger partial charge in [-0.1, -0.05) is 18.2 Å². The first-order valence-electron chi connectivity index (χ1n) is 8.60. The van der Waals surface area contributed by atoms with Gasteiger partial charge in [-0.25, -0.2) is 0 Å². The molecule has 1 aromatic carbocycles. The van der Waals surface area contributed by atoms with Crippen molar-refractivity contribution in [2.24, 2.45) is 0 Å². The van der Waals surface area contributed by atoms with Crippen LogP contribution in [0.4, 0.5) is 13.2 Å². The molecular weight excluding hydrogens is 361 g/mol. The Morgan fingerprint density at radius 1 is 1.19 bits per heavy atom. The monoisotopic (exact) mass is 380 g/mol. The highest BCUT2D eigenvalue weighted by Gasteiger charge is 2.30. The van der Waals surface area contributed by atoms with Gasteiger partial charge in [0, 0.05) is 19.1 Å². The molecule has 2 heterocycles. The largest absolute Gasteiger partial charge is 0.472 e. The number of nitrogens with zero attached hydrogens (tertiary/aromatic N) is 1. The van der Waals surface area contributed by atoms with Crippen LogP contribution in [0.3, 0.4) is 0 Å². The quantitative estimate of drug-likeness (QED) is 0.886. The highest BCUT2D eigenvalue weighted by Crippen LogP contribution is 2.29.